The number of nitrogens with one attached hydrogen (secondary N) is 1. The smallest absolute Gasteiger partial charge is 0.118 e. The molecule has 0 aromatic heterocycles. The van der Waals surface area contributed by atoms with Gasteiger partial charge in [-0.05, 0) is 63.0 Å². The molecule has 0 atom stereocenters. The average Bonchev–Trinajstić information content (AvgIpc) is 2.62. The van der Waals surface area contributed by atoms with E-state index in [1.807, 2.05) is 13.0 Å². The molecule has 2 rings (SSSR count). The molecule has 1 aromatic rings. The van der Waals surface area contributed by atoms with Gasteiger partial charge >= 0.3 is 0 Å². The van der Waals surface area contributed by atoms with Gasteiger partial charge in [-0.2, -0.15) is 0 Å². The maximum Gasteiger partial charge on any atom is 0.118 e. The van der Waals surface area contributed by atoms with Crippen LogP contribution in [0.2, 0.25) is 0 Å². The zero-order valence-electron chi connectivity index (χ0n) is 11.3. The first kappa shape index (κ1) is 13.4. The molecular formula is C15H24N2O. The lowest BCUT2D eigenvalue weighted by atomic mass is 10.1. The first-order chi connectivity index (χ1) is 8.75. The van der Waals surface area contributed by atoms with E-state index in [4.69, 9.17) is 0 Å². The van der Waals surface area contributed by atoms with Crippen LogP contribution in [-0.4, -0.2) is 42.7 Å². The van der Waals surface area contributed by atoms with Crippen molar-refractivity contribution in [2.75, 3.05) is 32.7 Å². The van der Waals surface area contributed by atoms with Gasteiger partial charge in [0.1, 0.15) is 5.75 Å². The fourth-order valence-electron chi connectivity index (χ4n) is 2.51. The number of nitrogens with zero attached hydrogens (tertiary/aromatic N) is 1. The number of phenols is 1. The summed E-state index contributed by atoms with van der Waals surface area (Å²) in [6.07, 6.45) is 3.56. The minimum absolute atomic E-state index is 0.400. The van der Waals surface area contributed by atoms with Crippen LogP contribution in [0, 0.1) is 6.92 Å². The van der Waals surface area contributed by atoms with Gasteiger partial charge < -0.3 is 15.3 Å². The van der Waals surface area contributed by atoms with E-state index in [0.717, 1.165) is 25.1 Å². The lowest BCUT2D eigenvalue weighted by Crippen LogP contribution is -2.29. The van der Waals surface area contributed by atoms with Crippen molar-refractivity contribution < 1.29 is 5.11 Å². The van der Waals surface area contributed by atoms with Gasteiger partial charge in [-0.15, -0.1) is 0 Å². The molecule has 1 fully saturated rings. The van der Waals surface area contributed by atoms with Crippen LogP contribution in [0.1, 0.15) is 24.0 Å². The van der Waals surface area contributed by atoms with Crippen molar-refractivity contribution in [1.82, 2.24) is 10.2 Å². The molecule has 100 valence electrons. The van der Waals surface area contributed by atoms with E-state index in [2.05, 4.69) is 16.3 Å². The van der Waals surface area contributed by atoms with Crippen LogP contribution >= 0.6 is 0 Å². The predicted octanol–water partition coefficient (Wildman–Crippen LogP) is 1.93. The SMILES string of the molecule is Cc1cc(CCCN2CCCNCC2)ccc1O. The minimum atomic E-state index is 0.400. The molecule has 1 heterocycles. The molecule has 3 nitrogen and oxygen atoms in total. The van der Waals surface area contributed by atoms with E-state index in [9.17, 15) is 5.11 Å². The molecule has 1 saturated heterocycles. The van der Waals surface area contributed by atoms with E-state index in [0.29, 0.717) is 5.75 Å². The Kier molecular flexibility index (Phi) is 5.02. The van der Waals surface area contributed by atoms with Crippen molar-refractivity contribution in [2.24, 2.45) is 0 Å². The molecule has 3 heteroatoms. The second kappa shape index (κ2) is 6.76. The van der Waals surface area contributed by atoms with Gasteiger partial charge in [0.05, 0.1) is 0 Å². The quantitative estimate of drug-likeness (QED) is 0.854. The van der Waals surface area contributed by atoms with Crippen LogP contribution in [0.25, 0.3) is 0 Å². The minimum Gasteiger partial charge on any atom is -0.508 e. The fraction of sp³-hybridized carbons (Fsp3) is 0.600. The Morgan fingerprint density at radius 2 is 2.17 bits per heavy atom. The summed E-state index contributed by atoms with van der Waals surface area (Å²) in [6.45, 7) is 7.82. The molecule has 0 amide bonds. The molecule has 0 saturated carbocycles. The highest BCUT2D eigenvalue weighted by Gasteiger charge is 2.07. The Bertz CT molecular complexity index is 371. The molecule has 0 bridgehead atoms. The van der Waals surface area contributed by atoms with E-state index < -0.39 is 0 Å². The highest BCUT2D eigenvalue weighted by molar-refractivity contribution is 5.34. The van der Waals surface area contributed by atoms with Crippen LogP contribution in [0.5, 0.6) is 5.75 Å². The Morgan fingerprint density at radius 3 is 3.00 bits per heavy atom. The molecular weight excluding hydrogens is 224 g/mol. The van der Waals surface area contributed by atoms with Gasteiger partial charge in [-0.25, -0.2) is 0 Å². The van der Waals surface area contributed by atoms with Crippen LogP contribution in [-0.2, 0) is 6.42 Å². The van der Waals surface area contributed by atoms with Gasteiger partial charge in [0.25, 0.3) is 0 Å². The maximum absolute atomic E-state index is 9.49. The summed E-state index contributed by atoms with van der Waals surface area (Å²) in [7, 11) is 0. The Labute approximate surface area is 110 Å². The number of aromatic hydroxyl groups is 1. The number of hydrogen-bond donors (Lipinski definition) is 2. The van der Waals surface area contributed by atoms with E-state index in [1.165, 1.54) is 38.0 Å². The summed E-state index contributed by atoms with van der Waals surface area (Å²) in [4.78, 5) is 2.55. The van der Waals surface area contributed by atoms with Crippen LogP contribution in [0.15, 0.2) is 18.2 Å². The fourth-order valence-corrected chi connectivity index (χ4v) is 2.51. The van der Waals surface area contributed by atoms with Crippen LogP contribution in [0.4, 0.5) is 0 Å². The Morgan fingerprint density at radius 1 is 1.28 bits per heavy atom. The second-order valence-electron chi connectivity index (χ2n) is 5.17. The number of rotatable bonds is 4. The monoisotopic (exact) mass is 248 g/mol. The van der Waals surface area contributed by atoms with E-state index >= 15 is 0 Å². The zero-order chi connectivity index (χ0) is 12.8. The third-order valence-electron chi connectivity index (χ3n) is 3.63. The second-order valence-corrected chi connectivity index (χ2v) is 5.17. The van der Waals surface area contributed by atoms with Crippen molar-refractivity contribution in [3.8, 4) is 5.75 Å². The summed E-state index contributed by atoms with van der Waals surface area (Å²) >= 11 is 0. The number of benzene rings is 1. The van der Waals surface area contributed by atoms with Gasteiger partial charge in [0.2, 0.25) is 0 Å². The normalized spacial score (nSPS) is 17.6. The lowest BCUT2D eigenvalue weighted by Gasteiger charge is -2.19. The average molecular weight is 248 g/mol. The summed E-state index contributed by atoms with van der Waals surface area (Å²) in [5.74, 6) is 0.400. The van der Waals surface area contributed by atoms with Crippen LogP contribution in [0.3, 0.4) is 0 Å². The Hall–Kier alpha value is -1.06. The molecule has 1 aromatic carbocycles. The van der Waals surface area contributed by atoms with Gasteiger partial charge in [0, 0.05) is 13.1 Å². The van der Waals surface area contributed by atoms with E-state index in [-0.39, 0.29) is 0 Å². The molecule has 2 N–H and O–H groups in total. The largest absolute Gasteiger partial charge is 0.508 e. The van der Waals surface area contributed by atoms with Crippen molar-refractivity contribution in [1.29, 1.82) is 0 Å². The highest BCUT2D eigenvalue weighted by Crippen LogP contribution is 2.17. The van der Waals surface area contributed by atoms with Crippen molar-refractivity contribution in [2.45, 2.75) is 26.2 Å². The van der Waals surface area contributed by atoms with Crippen LogP contribution < -0.4 is 5.32 Å². The first-order valence-corrected chi connectivity index (χ1v) is 6.97. The summed E-state index contributed by atoms with van der Waals surface area (Å²) in [5.41, 5.74) is 2.31. The molecule has 1 aliphatic heterocycles. The number of phenolic OH excluding ortho intramolecular Hbond substituents is 1. The summed E-state index contributed by atoms with van der Waals surface area (Å²) in [5, 5.41) is 12.9. The highest BCUT2D eigenvalue weighted by atomic mass is 16.3. The summed E-state index contributed by atoms with van der Waals surface area (Å²) in [6, 6.07) is 5.94. The third-order valence-corrected chi connectivity index (χ3v) is 3.63. The molecule has 0 radical (unpaired) electrons. The number of aryl methyl sites for hydroxylation is 2. The predicted molar refractivity (Wildman–Crippen MR) is 75.1 cm³/mol. The zero-order valence-corrected chi connectivity index (χ0v) is 11.3. The van der Waals surface area contributed by atoms with Crippen molar-refractivity contribution in [3.63, 3.8) is 0 Å². The third kappa shape index (κ3) is 4.00. The maximum atomic E-state index is 9.49. The number of hydrogen-bond acceptors (Lipinski definition) is 3. The van der Waals surface area contributed by atoms with E-state index in [1.54, 1.807) is 6.07 Å². The van der Waals surface area contributed by atoms with Gasteiger partial charge in [-0.1, -0.05) is 12.1 Å². The molecule has 1 aliphatic rings. The van der Waals surface area contributed by atoms with Crippen molar-refractivity contribution in [3.05, 3.63) is 29.3 Å². The summed E-state index contributed by atoms with van der Waals surface area (Å²) < 4.78 is 0. The van der Waals surface area contributed by atoms with Crippen molar-refractivity contribution >= 4 is 0 Å². The molecule has 18 heavy (non-hydrogen) atoms. The molecule has 0 unspecified atom stereocenters. The molecule has 0 spiro atoms. The van der Waals surface area contributed by atoms with Gasteiger partial charge in [0.15, 0.2) is 0 Å². The topological polar surface area (TPSA) is 35.5 Å². The molecule has 0 aliphatic carbocycles. The Balaban J connectivity index is 1.75. The standard InChI is InChI=1S/C15H24N2O/c1-13-12-14(5-6-15(13)18)4-2-9-17-10-3-7-16-8-11-17/h5-6,12,16,18H,2-4,7-11H2,1H3. The lowest BCUT2D eigenvalue weighted by molar-refractivity contribution is 0.289. The first-order valence-electron chi connectivity index (χ1n) is 6.97. The van der Waals surface area contributed by atoms with Gasteiger partial charge in [-0.3, -0.25) is 0 Å².